The number of aromatic nitrogens is 3. The van der Waals surface area contributed by atoms with Gasteiger partial charge in [-0.05, 0) is 42.8 Å². The van der Waals surface area contributed by atoms with Crippen molar-refractivity contribution < 1.29 is 9.53 Å². The van der Waals surface area contributed by atoms with Gasteiger partial charge in [-0.3, -0.25) is 9.20 Å². The van der Waals surface area contributed by atoms with Crippen LogP contribution in [0.15, 0.2) is 48.7 Å². The molecular weight excluding hydrogens is 449 g/mol. The molecule has 0 amide bonds. The van der Waals surface area contributed by atoms with E-state index in [4.69, 9.17) is 39.4 Å². The molecule has 7 nitrogen and oxygen atoms in total. The minimum absolute atomic E-state index is 0.289. The van der Waals surface area contributed by atoms with Crippen LogP contribution in [0.1, 0.15) is 27.3 Å². The highest BCUT2D eigenvalue weighted by Crippen LogP contribution is 2.33. The van der Waals surface area contributed by atoms with Gasteiger partial charge in [0.2, 0.25) is 5.78 Å². The minimum atomic E-state index is 0.289. The maximum atomic E-state index is 11.0. The number of aldehydes is 1. The van der Waals surface area contributed by atoms with Crippen molar-refractivity contribution >= 4 is 35.3 Å². The Labute approximate surface area is 195 Å². The van der Waals surface area contributed by atoms with Crippen LogP contribution in [0.25, 0.3) is 17.0 Å². The largest absolute Gasteiger partial charge is 0.497 e. The lowest BCUT2D eigenvalue weighted by molar-refractivity contribution is 0.111. The fraction of sp³-hybridized carbons (Fsp3) is 0.174. The molecular formula is C23H23Cl2N5O2. The zero-order chi connectivity index (χ0) is 23.3. The molecule has 0 radical (unpaired) electrons. The average molecular weight is 472 g/mol. The Morgan fingerprint density at radius 3 is 2.50 bits per heavy atom. The SMILES string of the molecule is COc1cccc(CN)c1.Cc1nc2nc(C=O)cn2c(-c2ccc(Cl)cc2Cl)c1CN. The van der Waals surface area contributed by atoms with Crippen LogP contribution in [0.5, 0.6) is 5.75 Å². The van der Waals surface area contributed by atoms with Crippen LogP contribution >= 0.6 is 23.2 Å². The second-order valence-corrected chi connectivity index (χ2v) is 7.71. The first-order chi connectivity index (χ1) is 15.4. The third kappa shape index (κ3) is 5.08. The number of ether oxygens (including phenoxy) is 1. The van der Waals surface area contributed by atoms with E-state index in [9.17, 15) is 4.79 Å². The molecule has 0 saturated heterocycles. The fourth-order valence-corrected chi connectivity index (χ4v) is 3.74. The molecule has 0 fully saturated rings. The fourth-order valence-electron chi connectivity index (χ4n) is 3.24. The second-order valence-electron chi connectivity index (χ2n) is 6.86. The van der Waals surface area contributed by atoms with Crippen molar-refractivity contribution in [2.75, 3.05) is 7.11 Å². The van der Waals surface area contributed by atoms with Crippen LogP contribution in [0.4, 0.5) is 0 Å². The first-order valence-electron chi connectivity index (χ1n) is 9.74. The van der Waals surface area contributed by atoms with E-state index in [0.717, 1.165) is 33.8 Å². The standard InChI is InChI=1S/C15H12Cl2N4O.C8H11NO/c1-8-12(5-18)14(11-3-2-9(16)4-13(11)17)21-6-10(7-22)20-15(21)19-8;1-10-8-4-2-3-7(5-8)6-9/h2-4,6-7H,5,18H2,1H3;2-5H,6,9H2,1H3. The molecule has 0 bridgehead atoms. The van der Waals surface area contributed by atoms with Crippen molar-refractivity contribution in [3.05, 3.63) is 81.2 Å². The zero-order valence-electron chi connectivity index (χ0n) is 17.7. The number of aryl methyl sites for hydroxylation is 1. The number of benzene rings is 2. The van der Waals surface area contributed by atoms with E-state index in [2.05, 4.69) is 9.97 Å². The molecule has 2 aromatic heterocycles. The van der Waals surface area contributed by atoms with E-state index >= 15 is 0 Å². The van der Waals surface area contributed by atoms with Gasteiger partial charge < -0.3 is 16.2 Å². The van der Waals surface area contributed by atoms with Gasteiger partial charge in [0.05, 0.1) is 17.8 Å². The average Bonchev–Trinajstić information content (AvgIpc) is 3.21. The van der Waals surface area contributed by atoms with E-state index in [1.54, 1.807) is 29.8 Å². The summed E-state index contributed by atoms with van der Waals surface area (Å²) in [5, 5.41) is 1.04. The Morgan fingerprint density at radius 1 is 1.09 bits per heavy atom. The van der Waals surface area contributed by atoms with Crippen LogP contribution in [-0.2, 0) is 13.1 Å². The molecule has 0 saturated carbocycles. The third-order valence-corrected chi connectivity index (χ3v) is 5.37. The second kappa shape index (κ2) is 10.6. The van der Waals surface area contributed by atoms with Crippen molar-refractivity contribution in [3.63, 3.8) is 0 Å². The molecule has 0 unspecified atom stereocenters. The van der Waals surface area contributed by atoms with E-state index in [-0.39, 0.29) is 6.54 Å². The van der Waals surface area contributed by atoms with Crippen molar-refractivity contribution in [1.29, 1.82) is 0 Å². The number of methoxy groups -OCH3 is 1. The van der Waals surface area contributed by atoms with E-state index in [1.165, 1.54) is 0 Å². The number of fused-ring (bicyclic) bond motifs is 1. The smallest absolute Gasteiger partial charge is 0.235 e. The van der Waals surface area contributed by atoms with Gasteiger partial charge in [-0.15, -0.1) is 0 Å². The van der Waals surface area contributed by atoms with Gasteiger partial charge in [-0.1, -0.05) is 35.3 Å². The number of rotatable bonds is 5. The summed E-state index contributed by atoms with van der Waals surface area (Å²) in [7, 11) is 1.65. The number of carbonyl (C=O) groups excluding carboxylic acids is 1. The van der Waals surface area contributed by atoms with Crippen molar-refractivity contribution in [2.24, 2.45) is 11.5 Å². The number of carbonyl (C=O) groups is 1. The molecule has 4 aromatic rings. The lowest BCUT2D eigenvalue weighted by Gasteiger charge is -2.14. The summed E-state index contributed by atoms with van der Waals surface area (Å²) in [6, 6.07) is 13.0. The summed E-state index contributed by atoms with van der Waals surface area (Å²) in [6.07, 6.45) is 2.30. The molecule has 0 aliphatic carbocycles. The summed E-state index contributed by atoms with van der Waals surface area (Å²) in [6.45, 7) is 2.71. The highest BCUT2D eigenvalue weighted by Gasteiger charge is 2.17. The van der Waals surface area contributed by atoms with E-state index in [1.807, 2.05) is 37.3 Å². The number of nitrogens with zero attached hydrogens (tertiary/aromatic N) is 3. The zero-order valence-corrected chi connectivity index (χ0v) is 19.2. The Hall–Kier alpha value is -2.97. The maximum absolute atomic E-state index is 11.0. The number of imidazole rings is 1. The van der Waals surface area contributed by atoms with Crippen LogP contribution < -0.4 is 16.2 Å². The molecule has 2 heterocycles. The first-order valence-corrected chi connectivity index (χ1v) is 10.5. The van der Waals surface area contributed by atoms with Gasteiger partial charge in [0, 0.05) is 41.1 Å². The summed E-state index contributed by atoms with van der Waals surface area (Å²) in [5.41, 5.74) is 15.8. The minimum Gasteiger partial charge on any atom is -0.497 e. The third-order valence-electron chi connectivity index (χ3n) is 4.82. The topological polar surface area (TPSA) is 109 Å². The van der Waals surface area contributed by atoms with Gasteiger partial charge >= 0.3 is 0 Å². The Morgan fingerprint density at radius 2 is 1.88 bits per heavy atom. The molecule has 32 heavy (non-hydrogen) atoms. The molecule has 0 aliphatic rings. The van der Waals surface area contributed by atoms with Gasteiger partial charge in [0.1, 0.15) is 11.4 Å². The van der Waals surface area contributed by atoms with Crippen LogP contribution in [-0.4, -0.2) is 27.8 Å². The summed E-state index contributed by atoms with van der Waals surface area (Å²) in [4.78, 5) is 19.6. The lowest BCUT2D eigenvalue weighted by Crippen LogP contribution is -2.08. The molecule has 166 valence electrons. The Balaban J connectivity index is 0.000000243. The summed E-state index contributed by atoms with van der Waals surface area (Å²) in [5.74, 6) is 1.29. The summed E-state index contributed by atoms with van der Waals surface area (Å²) < 4.78 is 6.73. The lowest BCUT2D eigenvalue weighted by atomic mass is 10.0. The molecule has 4 rings (SSSR count). The predicted molar refractivity (Wildman–Crippen MR) is 127 cm³/mol. The van der Waals surface area contributed by atoms with Gasteiger partial charge in [0.15, 0.2) is 6.29 Å². The van der Waals surface area contributed by atoms with Crippen molar-refractivity contribution in [2.45, 2.75) is 20.0 Å². The number of hydrogen-bond acceptors (Lipinski definition) is 6. The van der Waals surface area contributed by atoms with Crippen LogP contribution in [0, 0.1) is 6.92 Å². The number of halogens is 2. The predicted octanol–water partition coefficient (Wildman–Crippen LogP) is 4.44. The molecule has 2 aromatic carbocycles. The van der Waals surface area contributed by atoms with Gasteiger partial charge in [-0.25, -0.2) is 9.97 Å². The maximum Gasteiger partial charge on any atom is 0.235 e. The van der Waals surface area contributed by atoms with E-state index in [0.29, 0.717) is 34.3 Å². The monoisotopic (exact) mass is 471 g/mol. The van der Waals surface area contributed by atoms with Gasteiger partial charge in [-0.2, -0.15) is 0 Å². The van der Waals surface area contributed by atoms with Crippen LogP contribution in [0.2, 0.25) is 10.0 Å². The number of nitrogens with two attached hydrogens (primary N) is 2. The Kier molecular flexibility index (Phi) is 7.82. The first kappa shape index (κ1) is 23.7. The van der Waals surface area contributed by atoms with E-state index < -0.39 is 0 Å². The summed E-state index contributed by atoms with van der Waals surface area (Å²) >= 11 is 12.3. The quantitative estimate of drug-likeness (QED) is 0.416. The molecule has 0 aliphatic heterocycles. The normalized spacial score (nSPS) is 10.6. The molecule has 9 heteroatoms. The molecule has 4 N–H and O–H groups in total. The molecule has 0 atom stereocenters. The van der Waals surface area contributed by atoms with Crippen molar-refractivity contribution in [1.82, 2.24) is 14.4 Å². The molecule has 0 spiro atoms. The van der Waals surface area contributed by atoms with Crippen molar-refractivity contribution in [3.8, 4) is 17.0 Å². The Bertz CT molecular complexity index is 1240. The number of hydrogen-bond donors (Lipinski definition) is 2. The highest BCUT2D eigenvalue weighted by molar-refractivity contribution is 6.36. The van der Waals surface area contributed by atoms with Gasteiger partial charge in [0.25, 0.3) is 0 Å². The highest BCUT2D eigenvalue weighted by atomic mass is 35.5. The van der Waals surface area contributed by atoms with Crippen LogP contribution in [0.3, 0.4) is 0 Å².